The summed E-state index contributed by atoms with van der Waals surface area (Å²) in [6.07, 6.45) is 6.73. The fourth-order valence-corrected chi connectivity index (χ4v) is 3.63. The second-order valence-electron chi connectivity index (χ2n) is 7.15. The maximum absolute atomic E-state index is 12.9. The molecule has 1 N–H and O–H groups in total. The number of hydrogen-bond donors (Lipinski definition) is 1. The van der Waals surface area contributed by atoms with E-state index < -0.39 is 11.8 Å². The number of aromatic nitrogens is 2. The van der Waals surface area contributed by atoms with Gasteiger partial charge in [0.05, 0.1) is 26.4 Å². The van der Waals surface area contributed by atoms with Gasteiger partial charge in [0.2, 0.25) is 0 Å². The number of rotatable bonds is 3. The Labute approximate surface area is 203 Å². The highest BCUT2D eigenvalue weighted by molar-refractivity contribution is 9.10. The Balaban J connectivity index is 0.000000258. The fourth-order valence-electron chi connectivity index (χ4n) is 2.88. The Morgan fingerprint density at radius 2 is 1.66 bits per heavy atom. The van der Waals surface area contributed by atoms with E-state index in [9.17, 15) is 17.6 Å². The minimum Gasteiger partial charge on any atom is -0.495 e. The van der Waals surface area contributed by atoms with Crippen molar-refractivity contribution in [2.75, 3.05) is 33.3 Å². The van der Waals surface area contributed by atoms with Crippen LogP contribution in [0.3, 0.4) is 0 Å². The number of halogens is 6. The molecule has 4 rings (SSSR count). The van der Waals surface area contributed by atoms with Gasteiger partial charge in [-0.2, -0.15) is 0 Å². The van der Waals surface area contributed by atoms with Crippen LogP contribution >= 0.6 is 31.9 Å². The van der Waals surface area contributed by atoms with Crippen molar-refractivity contribution in [1.82, 2.24) is 20.2 Å². The van der Waals surface area contributed by atoms with E-state index in [4.69, 9.17) is 4.74 Å². The van der Waals surface area contributed by atoms with Gasteiger partial charge >= 0.3 is 0 Å². The Kier molecular flexibility index (Phi) is 12.0. The molecule has 11 heteroatoms. The number of likely N-dealkylation sites (tertiary alicyclic amines) is 1. The normalized spacial score (nSPS) is 18.5. The zero-order chi connectivity index (χ0) is 22.9. The van der Waals surface area contributed by atoms with Gasteiger partial charge in [-0.1, -0.05) is 7.43 Å². The number of methoxy groups -OCH3 is 1. The molecule has 2 aliphatic heterocycles. The molecule has 0 saturated carbocycles. The number of nitrogens with one attached hydrogen (secondary N) is 1. The van der Waals surface area contributed by atoms with Gasteiger partial charge in [0.25, 0.3) is 11.8 Å². The number of hydrogen-bond acceptors (Lipinski definition) is 5. The van der Waals surface area contributed by atoms with Crippen LogP contribution in [0.1, 0.15) is 25.8 Å². The lowest BCUT2D eigenvalue weighted by Gasteiger charge is -2.15. The average Bonchev–Trinajstić information content (AvgIpc) is 3.26. The van der Waals surface area contributed by atoms with Crippen LogP contribution in [0.2, 0.25) is 0 Å². The molecule has 0 radical (unpaired) electrons. The SMILES string of the molecule is C.COc1cncc(Br)c1.FC1(F)CCN(Cc2cncc(Br)c2)C1.FC1(F)CCNC1. The third-order valence-corrected chi connectivity index (χ3v) is 5.25. The molecule has 0 atom stereocenters. The van der Waals surface area contributed by atoms with Crippen molar-refractivity contribution < 1.29 is 22.3 Å². The van der Waals surface area contributed by atoms with Gasteiger partial charge in [0, 0.05) is 60.0 Å². The molecule has 2 aromatic heterocycles. The van der Waals surface area contributed by atoms with Gasteiger partial charge in [-0.05, 0) is 49.6 Å². The van der Waals surface area contributed by atoms with E-state index in [1.807, 2.05) is 12.1 Å². The summed E-state index contributed by atoms with van der Waals surface area (Å²) in [5.74, 6) is -4.16. The van der Waals surface area contributed by atoms with Gasteiger partial charge in [-0.25, -0.2) is 17.6 Å². The molecular weight excluding hydrogens is 560 g/mol. The first-order valence-electron chi connectivity index (χ1n) is 9.51. The van der Waals surface area contributed by atoms with Gasteiger partial charge < -0.3 is 10.1 Å². The second-order valence-corrected chi connectivity index (χ2v) is 8.99. The first-order chi connectivity index (χ1) is 14.6. The van der Waals surface area contributed by atoms with E-state index >= 15 is 0 Å². The Morgan fingerprint density at radius 1 is 1.00 bits per heavy atom. The highest BCUT2D eigenvalue weighted by Gasteiger charge is 2.37. The van der Waals surface area contributed by atoms with Gasteiger partial charge in [-0.15, -0.1) is 0 Å². The largest absolute Gasteiger partial charge is 0.495 e. The molecule has 0 spiro atoms. The van der Waals surface area contributed by atoms with Crippen molar-refractivity contribution in [3.05, 3.63) is 51.4 Å². The van der Waals surface area contributed by atoms with Crippen LogP contribution < -0.4 is 10.1 Å². The molecule has 4 heterocycles. The van der Waals surface area contributed by atoms with Gasteiger partial charge in [0.15, 0.2) is 0 Å². The predicted octanol–water partition coefficient (Wildman–Crippen LogP) is 5.79. The van der Waals surface area contributed by atoms with Crippen molar-refractivity contribution in [3.63, 3.8) is 0 Å². The van der Waals surface area contributed by atoms with Gasteiger partial charge in [0.1, 0.15) is 5.75 Å². The Bertz CT molecular complexity index is 822. The van der Waals surface area contributed by atoms with E-state index in [0.717, 1.165) is 20.3 Å². The summed E-state index contributed by atoms with van der Waals surface area (Å²) in [5.41, 5.74) is 0.960. The maximum atomic E-state index is 12.9. The van der Waals surface area contributed by atoms with Crippen LogP contribution in [0.4, 0.5) is 17.6 Å². The monoisotopic (exact) mass is 586 g/mol. The molecule has 0 aliphatic carbocycles. The highest BCUT2D eigenvalue weighted by Crippen LogP contribution is 2.28. The Hall–Kier alpha value is -1.30. The first-order valence-corrected chi connectivity index (χ1v) is 11.1. The summed E-state index contributed by atoms with van der Waals surface area (Å²) in [5, 5.41) is 2.56. The van der Waals surface area contributed by atoms with E-state index in [1.54, 1.807) is 36.8 Å². The smallest absolute Gasteiger partial charge is 0.261 e. The third kappa shape index (κ3) is 11.0. The van der Waals surface area contributed by atoms with Crippen LogP contribution in [0, 0.1) is 0 Å². The number of alkyl halides is 4. The molecule has 0 bridgehead atoms. The molecule has 2 fully saturated rings. The van der Waals surface area contributed by atoms with E-state index in [1.165, 1.54) is 0 Å². The average molecular weight is 588 g/mol. The topological polar surface area (TPSA) is 50.3 Å². The zero-order valence-electron chi connectivity index (χ0n) is 16.9. The standard InChI is InChI=1S/C10H11BrF2N2.C6H6BrNO.C4H7F2N.CH4/c11-9-3-8(4-14-5-9)6-15-2-1-10(12,13)7-15;1-9-6-2-5(7)3-8-4-6;5-4(6)1-2-7-3-4;/h3-5H,1-2,6-7H2;2-4H,1H3;7H,1-3H2;1H4. The molecule has 2 aliphatic rings. The van der Waals surface area contributed by atoms with E-state index in [-0.39, 0.29) is 33.4 Å². The molecule has 5 nitrogen and oxygen atoms in total. The van der Waals surface area contributed by atoms with Crippen molar-refractivity contribution in [2.24, 2.45) is 0 Å². The summed E-state index contributed by atoms with van der Waals surface area (Å²) >= 11 is 6.57. The minimum atomic E-state index is -2.51. The fraction of sp³-hybridized carbons (Fsp3) is 0.524. The molecular formula is C21H28Br2F4N4O. The lowest BCUT2D eigenvalue weighted by atomic mass is 10.3. The lowest BCUT2D eigenvalue weighted by molar-refractivity contribution is 0.0114. The van der Waals surface area contributed by atoms with E-state index in [2.05, 4.69) is 47.1 Å². The van der Waals surface area contributed by atoms with Crippen LogP contribution in [0.25, 0.3) is 0 Å². The van der Waals surface area contributed by atoms with Crippen LogP contribution in [0.5, 0.6) is 5.75 Å². The number of pyridine rings is 2. The van der Waals surface area contributed by atoms with Crippen molar-refractivity contribution >= 4 is 31.9 Å². The molecule has 0 unspecified atom stereocenters. The summed E-state index contributed by atoms with van der Waals surface area (Å²) in [6, 6.07) is 3.76. The van der Waals surface area contributed by atoms with Crippen LogP contribution in [0.15, 0.2) is 45.9 Å². The zero-order valence-corrected chi connectivity index (χ0v) is 20.1. The second kappa shape index (κ2) is 13.4. The predicted molar refractivity (Wildman–Crippen MR) is 124 cm³/mol. The van der Waals surface area contributed by atoms with Crippen LogP contribution in [-0.4, -0.2) is 60.0 Å². The highest BCUT2D eigenvalue weighted by atomic mass is 79.9. The summed E-state index contributed by atoms with van der Waals surface area (Å²) < 4.78 is 56.3. The van der Waals surface area contributed by atoms with Crippen LogP contribution in [-0.2, 0) is 6.54 Å². The summed E-state index contributed by atoms with van der Waals surface area (Å²) in [6.45, 7) is 1.20. The van der Waals surface area contributed by atoms with E-state index in [0.29, 0.717) is 19.6 Å². The van der Waals surface area contributed by atoms with Crippen molar-refractivity contribution in [1.29, 1.82) is 0 Å². The maximum Gasteiger partial charge on any atom is 0.261 e. The quantitative estimate of drug-likeness (QED) is 0.461. The third-order valence-electron chi connectivity index (χ3n) is 4.38. The minimum absolute atomic E-state index is 0. The molecule has 180 valence electrons. The molecule has 0 amide bonds. The van der Waals surface area contributed by atoms with Crippen molar-refractivity contribution in [3.8, 4) is 5.75 Å². The first kappa shape index (κ1) is 28.7. The number of ether oxygens (including phenoxy) is 1. The lowest BCUT2D eigenvalue weighted by Crippen LogP contribution is -2.24. The molecule has 2 aromatic rings. The van der Waals surface area contributed by atoms with Crippen molar-refractivity contribution in [2.45, 2.75) is 38.7 Å². The summed E-state index contributed by atoms with van der Waals surface area (Å²) in [4.78, 5) is 9.64. The molecule has 32 heavy (non-hydrogen) atoms. The summed E-state index contributed by atoms with van der Waals surface area (Å²) in [7, 11) is 1.61. The molecule has 0 aromatic carbocycles. The van der Waals surface area contributed by atoms with Gasteiger partial charge in [-0.3, -0.25) is 14.9 Å². The Morgan fingerprint density at radius 3 is 2.06 bits per heavy atom. The number of nitrogens with zero attached hydrogens (tertiary/aromatic N) is 3. The molecule has 2 saturated heterocycles.